The molecule has 1 aliphatic heterocycles. The highest BCUT2D eigenvalue weighted by Gasteiger charge is 2.52. The van der Waals surface area contributed by atoms with Crippen molar-refractivity contribution in [3.63, 3.8) is 0 Å². The standard InChI is InChI=1S/C28H37FN4O3/c1-18(34)30-24-22-16-19(29)14-15-23(22)32-17-28(2,27(36)31-20-10-6-4-3-5-7-11-20)33(26(35)25(24)32)21-12-8-9-13-21/h14-16,20-21H,3-13,17H2,1-2H3,(H,30,34)(H,31,36). The summed E-state index contributed by atoms with van der Waals surface area (Å²) in [6.07, 6.45) is 11.5. The van der Waals surface area contributed by atoms with Crippen LogP contribution in [0.5, 0.6) is 0 Å². The average Bonchev–Trinajstić information content (AvgIpc) is 3.42. The fourth-order valence-electron chi connectivity index (χ4n) is 6.59. The number of rotatable bonds is 4. The van der Waals surface area contributed by atoms with Crippen LogP contribution in [0.2, 0.25) is 0 Å². The van der Waals surface area contributed by atoms with E-state index in [1.54, 1.807) is 11.0 Å². The monoisotopic (exact) mass is 496 g/mol. The van der Waals surface area contributed by atoms with Gasteiger partial charge < -0.3 is 20.1 Å². The molecular weight excluding hydrogens is 459 g/mol. The lowest BCUT2D eigenvalue weighted by Gasteiger charge is -2.47. The minimum Gasteiger partial charge on any atom is -0.351 e. The highest BCUT2D eigenvalue weighted by molar-refractivity contribution is 6.14. The molecule has 36 heavy (non-hydrogen) atoms. The Morgan fingerprint density at radius 3 is 2.31 bits per heavy atom. The van der Waals surface area contributed by atoms with Crippen LogP contribution in [0.1, 0.15) is 95.0 Å². The van der Waals surface area contributed by atoms with Gasteiger partial charge in [0.25, 0.3) is 5.91 Å². The van der Waals surface area contributed by atoms with Gasteiger partial charge in [-0.15, -0.1) is 0 Å². The van der Waals surface area contributed by atoms with Gasteiger partial charge in [-0.1, -0.05) is 44.9 Å². The van der Waals surface area contributed by atoms with Gasteiger partial charge in [0.1, 0.15) is 17.1 Å². The van der Waals surface area contributed by atoms with Crippen molar-refractivity contribution in [2.24, 2.45) is 0 Å². The normalized spacial score (nSPS) is 23.9. The summed E-state index contributed by atoms with van der Waals surface area (Å²) in [7, 11) is 0. The van der Waals surface area contributed by atoms with Crippen LogP contribution < -0.4 is 10.6 Å². The van der Waals surface area contributed by atoms with E-state index in [0.29, 0.717) is 22.3 Å². The van der Waals surface area contributed by atoms with Gasteiger partial charge in [0.15, 0.2) is 0 Å². The van der Waals surface area contributed by atoms with E-state index in [2.05, 4.69) is 10.6 Å². The van der Waals surface area contributed by atoms with Gasteiger partial charge >= 0.3 is 0 Å². The first-order chi connectivity index (χ1) is 17.3. The largest absolute Gasteiger partial charge is 0.351 e. The predicted octanol–water partition coefficient (Wildman–Crippen LogP) is 5.13. The van der Waals surface area contributed by atoms with Crippen molar-refractivity contribution in [2.45, 2.75) is 109 Å². The lowest BCUT2D eigenvalue weighted by atomic mass is 9.90. The van der Waals surface area contributed by atoms with Gasteiger partial charge in [-0.3, -0.25) is 14.4 Å². The Bertz CT molecular complexity index is 1180. The molecular formula is C28H37FN4O3. The molecule has 194 valence electrons. The van der Waals surface area contributed by atoms with Crippen molar-refractivity contribution in [1.82, 2.24) is 14.8 Å². The van der Waals surface area contributed by atoms with Crippen LogP contribution in [0.3, 0.4) is 0 Å². The molecule has 2 aromatic rings. The lowest BCUT2D eigenvalue weighted by molar-refractivity contribution is -0.135. The number of hydrogen-bond donors (Lipinski definition) is 2. The number of aromatic nitrogens is 1. The second-order valence-corrected chi connectivity index (χ2v) is 11.1. The second-order valence-electron chi connectivity index (χ2n) is 11.1. The van der Waals surface area contributed by atoms with E-state index in [9.17, 15) is 18.8 Å². The molecule has 2 aliphatic carbocycles. The third-order valence-electron chi connectivity index (χ3n) is 8.36. The van der Waals surface area contributed by atoms with E-state index in [1.807, 2.05) is 11.5 Å². The number of anilines is 1. The second kappa shape index (κ2) is 9.87. The number of carbonyl (C=O) groups is 3. The molecule has 1 aromatic heterocycles. The van der Waals surface area contributed by atoms with Crippen LogP contribution in [-0.4, -0.2) is 44.8 Å². The minimum atomic E-state index is -1.09. The van der Waals surface area contributed by atoms with Crippen molar-refractivity contribution in [3.8, 4) is 0 Å². The number of amides is 3. The first kappa shape index (κ1) is 24.8. The molecule has 1 unspecified atom stereocenters. The Morgan fingerprint density at radius 2 is 1.64 bits per heavy atom. The highest BCUT2D eigenvalue weighted by atomic mass is 19.1. The first-order valence-corrected chi connectivity index (χ1v) is 13.5. The van der Waals surface area contributed by atoms with Crippen LogP contribution in [0, 0.1) is 5.82 Å². The summed E-state index contributed by atoms with van der Waals surface area (Å²) in [4.78, 5) is 42.2. The van der Waals surface area contributed by atoms with E-state index in [1.165, 1.54) is 38.3 Å². The van der Waals surface area contributed by atoms with Crippen molar-refractivity contribution < 1.29 is 18.8 Å². The number of carbonyl (C=O) groups excluding carboxylic acids is 3. The Kier molecular flexibility index (Phi) is 6.79. The molecule has 2 saturated carbocycles. The zero-order chi connectivity index (χ0) is 25.4. The summed E-state index contributed by atoms with van der Waals surface area (Å²) in [5.74, 6) is -1.17. The molecule has 0 saturated heterocycles. The zero-order valence-corrected chi connectivity index (χ0v) is 21.4. The number of fused-ring (bicyclic) bond motifs is 3. The molecule has 1 atom stereocenters. The van der Waals surface area contributed by atoms with Crippen LogP contribution in [0.15, 0.2) is 18.2 Å². The first-order valence-electron chi connectivity index (χ1n) is 13.5. The lowest BCUT2D eigenvalue weighted by Crippen LogP contribution is -2.67. The molecule has 2 heterocycles. The van der Waals surface area contributed by atoms with E-state index in [-0.39, 0.29) is 36.3 Å². The topological polar surface area (TPSA) is 83.4 Å². The summed E-state index contributed by atoms with van der Waals surface area (Å²) in [5.41, 5.74) is 0.205. The highest BCUT2D eigenvalue weighted by Crippen LogP contribution is 2.42. The Labute approximate surface area is 211 Å². The Balaban J connectivity index is 1.59. The van der Waals surface area contributed by atoms with Crippen LogP contribution >= 0.6 is 0 Å². The molecule has 0 bridgehead atoms. The summed E-state index contributed by atoms with van der Waals surface area (Å²) >= 11 is 0. The number of nitrogens with one attached hydrogen (secondary N) is 2. The minimum absolute atomic E-state index is 0.0424. The molecule has 2 fully saturated rings. The van der Waals surface area contributed by atoms with Gasteiger partial charge in [0.2, 0.25) is 11.8 Å². The zero-order valence-electron chi connectivity index (χ0n) is 21.4. The summed E-state index contributed by atoms with van der Waals surface area (Å²) in [5, 5.41) is 6.58. The SMILES string of the molecule is CC(=O)Nc1c2n(c3ccc(F)cc13)CC(C)(C(=O)NC1CCCCCCC1)N(C1CCCC1)C2=O. The third-order valence-corrected chi connectivity index (χ3v) is 8.36. The van der Waals surface area contributed by atoms with E-state index in [4.69, 9.17) is 0 Å². The van der Waals surface area contributed by atoms with E-state index >= 15 is 0 Å². The molecule has 2 N–H and O–H groups in total. The molecule has 0 spiro atoms. The molecule has 8 heteroatoms. The fourth-order valence-corrected chi connectivity index (χ4v) is 6.59. The maximum Gasteiger partial charge on any atom is 0.273 e. The summed E-state index contributed by atoms with van der Waals surface area (Å²) in [6.45, 7) is 3.51. The van der Waals surface area contributed by atoms with Crippen LogP contribution in [0.4, 0.5) is 10.1 Å². The van der Waals surface area contributed by atoms with Gasteiger partial charge in [-0.25, -0.2) is 4.39 Å². The van der Waals surface area contributed by atoms with E-state index in [0.717, 1.165) is 51.4 Å². The number of hydrogen-bond acceptors (Lipinski definition) is 3. The number of halogens is 1. The predicted molar refractivity (Wildman–Crippen MR) is 137 cm³/mol. The van der Waals surface area contributed by atoms with Crippen molar-refractivity contribution >= 4 is 34.3 Å². The average molecular weight is 497 g/mol. The molecule has 1 aromatic carbocycles. The van der Waals surface area contributed by atoms with Crippen molar-refractivity contribution in [1.29, 1.82) is 0 Å². The molecule has 5 rings (SSSR count). The van der Waals surface area contributed by atoms with Gasteiger partial charge in [-0.05, 0) is 50.8 Å². The Hall–Kier alpha value is -2.90. The number of benzene rings is 1. The van der Waals surface area contributed by atoms with Crippen molar-refractivity contribution in [3.05, 3.63) is 29.7 Å². The van der Waals surface area contributed by atoms with Gasteiger partial charge in [0, 0.05) is 24.4 Å². The third kappa shape index (κ3) is 4.39. The van der Waals surface area contributed by atoms with Crippen LogP contribution in [-0.2, 0) is 16.1 Å². The van der Waals surface area contributed by atoms with Crippen molar-refractivity contribution in [2.75, 3.05) is 5.32 Å². The molecule has 7 nitrogen and oxygen atoms in total. The fraction of sp³-hybridized carbons (Fsp3) is 0.607. The maximum atomic E-state index is 14.3. The Morgan fingerprint density at radius 1 is 1.00 bits per heavy atom. The van der Waals surface area contributed by atoms with Gasteiger partial charge in [-0.2, -0.15) is 0 Å². The maximum absolute atomic E-state index is 14.3. The quantitative estimate of drug-likeness (QED) is 0.616. The summed E-state index contributed by atoms with van der Waals surface area (Å²) in [6, 6.07) is 4.41. The molecule has 3 amide bonds. The molecule has 3 aliphatic rings. The van der Waals surface area contributed by atoms with E-state index < -0.39 is 11.4 Å². The number of nitrogens with zero attached hydrogens (tertiary/aromatic N) is 2. The van der Waals surface area contributed by atoms with Crippen LogP contribution in [0.25, 0.3) is 10.9 Å². The molecule has 0 radical (unpaired) electrons. The van der Waals surface area contributed by atoms with Gasteiger partial charge in [0.05, 0.1) is 17.7 Å². The smallest absolute Gasteiger partial charge is 0.273 e. The summed E-state index contributed by atoms with van der Waals surface area (Å²) < 4.78 is 16.1.